The van der Waals surface area contributed by atoms with Gasteiger partial charge < -0.3 is 0 Å². The Morgan fingerprint density at radius 1 is 1.73 bits per heavy atom. The maximum Gasteiger partial charge on any atom is 0.169 e. The monoisotopic (exact) mass is 150 g/mol. The van der Waals surface area contributed by atoms with E-state index in [1.807, 2.05) is 14.0 Å². The fourth-order valence-electron chi connectivity index (χ4n) is 1.54. The predicted molar refractivity (Wildman–Crippen MR) is 40.4 cm³/mol. The Morgan fingerprint density at radius 2 is 2.45 bits per heavy atom. The summed E-state index contributed by atoms with van der Waals surface area (Å²) in [6, 6.07) is 0. The largest absolute Gasteiger partial charge is 0.294 e. The van der Waals surface area contributed by atoms with Crippen LogP contribution in [0, 0.1) is 5.92 Å². The van der Waals surface area contributed by atoms with Gasteiger partial charge in [-0.25, -0.2) is 0 Å². The van der Waals surface area contributed by atoms with E-state index >= 15 is 0 Å². The van der Waals surface area contributed by atoms with Crippen molar-refractivity contribution in [1.82, 2.24) is 9.78 Å². The highest BCUT2D eigenvalue weighted by Gasteiger charge is 2.29. The normalized spacial score (nSPS) is 22.4. The van der Waals surface area contributed by atoms with Gasteiger partial charge in [0, 0.05) is 25.6 Å². The molecule has 3 nitrogen and oxygen atoms in total. The van der Waals surface area contributed by atoms with Crippen LogP contribution in [-0.4, -0.2) is 15.6 Å². The van der Waals surface area contributed by atoms with Gasteiger partial charge >= 0.3 is 0 Å². The SMILES string of the molecule is CC1Cc2nn(C)cc2C1=O. The molecule has 1 aromatic heterocycles. The summed E-state index contributed by atoms with van der Waals surface area (Å²) in [6.07, 6.45) is 2.62. The first-order chi connectivity index (χ1) is 5.18. The van der Waals surface area contributed by atoms with Gasteiger partial charge in [0.2, 0.25) is 0 Å². The molecule has 0 aliphatic heterocycles. The number of hydrogen-bond donors (Lipinski definition) is 0. The van der Waals surface area contributed by atoms with Crippen molar-refractivity contribution in [3.8, 4) is 0 Å². The molecule has 0 fully saturated rings. The van der Waals surface area contributed by atoms with Crippen LogP contribution in [0.1, 0.15) is 23.0 Å². The molecule has 0 radical (unpaired) electrons. The second kappa shape index (κ2) is 1.94. The van der Waals surface area contributed by atoms with Crippen molar-refractivity contribution in [2.75, 3.05) is 0 Å². The van der Waals surface area contributed by atoms with Crippen molar-refractivity contribution >= 4 is 5.78 Å². The van der Waals surface area contributed by atoms with E-state index in [-0.39, 0.29) is 11.7 Å². The van der Waals surface area contributed by atoms with Crippen molar-refractivity contribution < 1.29 is 4.79 Å². The Bertz CT molecular complexity index is 314. The Morgan fingerprint density at radius 3 is 3.09 bits per heavy atom. The van der Waals surface area contributed by atoms with Crippen LogP contribution in [0.5, 0.6) is 0 Å². The summed E-state index contributed by atoms with van der Waals surface area (Å²) in [5, 5.41) is 4.19. The zero-order chi connectivity index (χ0) is 8.01. The lowest BCUT2D eigenvalue weighted by Gasteiger charge is -1.95. The molecule has 0 aromatic carbocycles. The predicted octanol–water partition coefficient (Wildman–Crippen LogP) is 0.795. The number of aryl methyl sites for hydroxylation is 1. The van der Waals surface area contributed by atoms with E-state index in [1.54, 1.807) is 10.9 Å². The number of hydrogen-bond acceptors (Lipinski definition) is 2. The summed E-state index contributed by atoms with van der Waals surface area (Å²) in [7, 11) is 1.84. The van der Waals surface area contributed by atoms with Gasteiger partial charge in [0.1, 0.15) is 0 Å². The molecule has 3 heteroatoms. The quantitative estimate of drug-likeness (QED) is 0.548. The maximum atomic E-state index is 11.4. The van der Waals surface area contributed by atoms with Gasteiger partial charge in [-0.1, -0.05) is 6.92 Å². The van der Waals surface area contributed by atoms with Gasteiger partial charge in [0.25, 0.3) is 0 Å². The van der Waals surface area contributed by atoms with Crippen LogP contribution in [-0.2, 0) is 13.5 Å². The Labute approximate surface area is 65.0 Å². The summed E-state index contributed by atoms with van der Waals surface area (Å²) >= 11 is 0. The number of carbonyl (C=O) groups is 1. The molecule has 1 unspecified atom stereocenters. The van der Waals surface area contributed by atoms with E-state index in [0.717, 1.165) is 17.7 Å². The highest BCUT2D eigenvalue weighted by atomic mass is 16.1. The lowest BCUT2D eigenvalue weighted by Crippen LogP contribution is -2.04. The van der Waals surface area contributed by atoms with E-state index in [1.165, 1.54) is 0 Å². The molecule has 58 valence electrons. The Hall–Kier alpha value is -1.12. The molecular formula is C8H10N2O. The van der Waals surface area contributed by atoms with Gasteiger partial charge in [0.15, 0.2) is 5.78 Å². The van der Waals surface area contributed by atoms with E-state index in [2.05, 4.69) is 5.10 Å². The number of Topliss-reactive ketones (excluding diaryl/α,β-unsaturated/α-hetero) is 1. The van der Waals surface area contributed by atoms with Crippen LogP contribution in [0.2, 0.25) is 0 Å². The van der Waals surface area contributed by atoms with E-state index in [0.29, 0.717) is 0 Å². The van der Waals surface area contributed by atoms with Gasteiger partial charge in [-0.3, -0.25) is 9.48 Å². The van der Waals surface area contributed by atoms with Crippen LogP contribution < -0.4 is 0 Å². The van der Waals surface area contributed by atoms with Gasteiger partial charge in [-0.15, -0.1) is 0 Å². The van der Waals surface area contributed by atoms with Crippen LogP contribution in [0.15, 0.2) is 6.20 Å². The first-order valence-corrected chi connectivity index (χ1v) is 3.75. The molecule has 1 aliphatic rings. The Balaban J connectivity index is 2.52. The van der Waals surface area contributed by atoms with Crippen molar-refractivity contribution in [2.24, 2.45) is 13.0 Å². The molecule has 0 N–H and O–H groups in total. The van der Waals surface area contributed by atoms with Crippen LogP contribution in [0.3, 0.4) is 0 Å². The highest BCUT2D eigenvalue weighted by molar-refractivity contribution is 6.01. The molecule has 11 heavy (non-hydrogen) atoms. The third-order valence-electron chi connectivity index (χ3n) is 2.12. The van der Waals surface area contributed by atoms with Crippen molar-refractivity contribution in [3.63, 3.8) is 0 Å². The smallest absolute Gasteiger partial charge is 0.169 e. The van der Waals surface area contributed by atoms with E-state index in [9.17, 15) is 4.79 Å². The first-order valence-electron chi connectivity index (χ1n) is 3.75. The average molecular weight is 150 g/mol. The molecule has 1 aliphatic carbocycles. The van der Waals surface area contributed by atoms with Crippen LogP contribution in [0.25, 0.3) is 0 Å². The number of nitrogens with zero attached hydrogens (tertiary/aromatic N) is 2. The minimum absolute atomic E-state index is 0.147. The average Bonchev–Trinajstić information content (AvgIpc) is 2.37. The fraction of sp³-hybridized carbons (Fsp3) is 0.500. The number of aromatic nitrogens is 2. The van der Waals surface area contributed by atoms with Crippen LogP contribution in [0.4, 0.5) is 0 Å². The minimum atomic E-state index is 0.147. The number of carbonyl (C=O) groups excluding carboxylic acids is 1. The summed E-state index contributed by atoms with van der Waals surface area (Å²) in [5.41, 5.74) is 1.78. The molecule has 0 amide bonds. The Kier molecular flexibility index (Phi) is 1.16. The zero-order valence-electron chi connectivity index (χ0n) is 6.66. The van der Waals surface area contributed by atoms with Gasteiger partial charge in [0.05, 0.1) is 11.3 Å². The summed E-state index contributed by atoms with van der Waals surface area (Å²) < 4.78 is 1.70. The summed E-state index contributed by atoms with van der Waals surface area (Å²) in [6.45, 7) is 1.95. The molecule has 0 saturated heterocycles. The zero-order valence-corrected chi connectivity index (χ0v) is 6.66. The number of fused-ring (bicyclic) bond motifs is 1. The third-order valence-corrected chi connectivity index (χ3v) is 2.12. The van der Waals surface area contributed by atoms with Crippen molar-refractivity contribution in [1.29, 1.82) is 0 Å². The second-order valence-corrected chi connectivity index (χ2v) is 3.13. The number of rotatable bonds is 0. The molecule has 2 rings (SSSR count). The topological polar surface area (TPSA) is 34.9 Å². The van der Waals surface area contributed by atoms with Crippen molar-refractivity contribution in [2.45, 2.75) is 13.3 Å². The van der Waals surface area contributed by atoms with Crippen LogP contribution >= 0.6 is 0 Å². The lowest BCUT2D eigenvalue weighted by molar-refractivity contribution is 0.0945. The lowest BCUT2D eigenvalue weighted by atomic mass is 10.1. The standard InChI is InChI=1S/C8H10N2O/c1-5-3-7-6(8(5)11)4-10(2)9-7/h4-5H,3H2,1-2H3. The highest BCUT2D eigenvalue weighted by Crippen LogP contribution is 2.24. The molecule has 1 heterocycles. The summed E-state index contributed by atoms with van der Waals surface area (Å²) in [5.74, 6) is 0.391. The first kappa shape index (κ1) is 6.58. The van der Waals surface area contributed by atoms with Gasteiger partial charge in [-0.05, 0) is 0 Å². The molecule has 0 saturated carbocycles. The van der Waals surface area contributed by atoms with Gasteiger partial charge in [-0.2, -0.15) is 5.10 Å². The van der Waals surface area contributed by atoms with Crippen molar-refractivity contribution in [3.05, 3.63) is 17.5 Å². The molecular weight excluding hydrogens is 140 g/mol. The second-order valence-electron chi connectivity index (χ2n) is 3.13. The fourth-order valence-corrected chi connectivity index (χ4v) is 1.54. The van der Waals surface area contributed by atoms with E-state index in [4.69, 9.17) is 0 Å². The molecule has 1 atom stereocenters. The summed E-state index contributed by atoms with van der Waals surface area (Å²) in [4.78, 5) is 11.4. The molecule has 0 bridgehead atoms. The third kappa shape index (κ3) is 0.803. The maximum absolute atomic E-state index is 11.4. The minimum Gasteiger partial charge on any atom is -0.294 e. The molecule has 0 spiro atoms. The molecule has 1 aromatic rings. The van der Waals surface area contributed by atoms with E-state index < -0.39 is 0 Å². The number of ketones is 1.